The molecule has 0 aliphatic carbocycles. The van der Waals surface area contributed by atoms with E-state index in [0.717, 1.165) is 91.3 Å². The average molecular weight is 670 g/mol. The van der Waals surface area contributed by atoms with Crippen LogP contribution in [0.2, 0.25) is 0 Å². The maximum absolute atomic E-state index is 14.4. The first-order chi connectivity index (χ1) is 24.6. The summed E-state index contributed by atoms with van der Waals surface area (Å²) in [4.78, 5) is 37.1. The van der Waals surface area contributed by atoms with E-state index in [4.69, 9.17) is 9.47 Å². The van der Waals surface area contributed by atoms with Crippen LogP contribution in [0.3, 0.4) is 0 Å². The Kier molecular flexibility index (Phi) is 9.10. The van der Waals surface area contributed by atoms with Gasteiger partial charge in [-0.15, -0.1) is 0 Å². The van der Waals surface area contributed by atoms with Crippen LogP contribution < -0.4 is 9.64 Å². The highest BCUT2D eigenvalue weighted by Crippen LogP contribution is 2.37. The highest BCUT2D eigenvalue weighted by molar-refractivity contribution is 6.08. The predicted molar refractivity (Wildman–Crippen MR) is 196 cm³/mol. The van der Waals surface area contributed by atoms with E-state index in [1.54, 1.807) is 7.11 Å². The molecule has 0 N–H and O–H groups in total. The second kappa shape index (κ2) is 14.1. The number of nitrogens with zero attached hydrogens (tertiary/aromatic N) is 5. The van der Waals surface area contributed by atoms with E-state index in [2.05, 4.69) is 44.7 Å². The summed E-state index contributed by atoms with van der Waals surface area (Å²) in [6, 6.07) is 32.2. The first-order valence-electron chi connectivity index (χ1n) is 17.6. The lowest BCUT2D eigenvalue weighted by atomic mass is 9.96. The zero-order chi connectivity index (χ0) is 34.0. The molecule has 2 amide bonds. The zero-order valence-corrected chi connectivity index (χ0v) is 28.6. The fourth-order valence-electron chi connectivity index (χ4n) is 7.63. The molecule has 2 saturated heterocycles. The van der Waals surface area contributed by atoms with Crippen LogP contribution in [0.25, 0.3) is 21.9 Å². The van der Waals surface area contributed by atoms with Gasteiger partial charge in [0.15, 0.2) is 0 Å². The molecule has 0 atom stereocenters. The lowest BCUT2D eigenvalue weighted by Gasteiger charge is -2.36. The number of methoxy groups -OCH3 is 1. The van der Waals surface area contributed by atoms with E-state index in [1.807, 2.05) is 76.5 Å². The zero-order valence-electron chi connectivity index (χ0n) is 28.6. The lowest BCUT2D eigenvalue weighted by molar-refractivity contribution is 0.0292. The van der Waals surface area contributed by atoms with E-state index < -0.39 is 0 Å². The number of hydrogen-bond donors (Lipinski definition) is 0. The molecule has 0 radical (unpaired) electrons. The summed E-state index contributed by atoms with van der Waals surface area (Å²) in [5.74, 6) is 0.582. The molecule has 4 heterocycles. The number of para-hydroxylation sites is 1. The van der Waals surface area contributed by atoms with Crippen molar-refractivity contribution < 1.29 is 19.1 Å². The summed E-state index contributed by atoms with van der Waals surface area (Å²) in [5, 5.41) is 2.28. The Balaban J connectivity index is 1.02. The number of morpholine rings is 1. The number of rotatable bonds is 7. The Morgan fingerprint density at radius 3 is 2.26 bits per heavy atom. The van der Waals surface area contributed by atoms with Crippen LogP contribution in [0.15, 0.2) is 97.1 Å². The largest absolute Gasteiger partial charge is 0.496 e. The van der Waals surface area contributed by atoms with Gasteiger partial charge in [-0.2, -0.15) is 0 Å². The molecule has 2 fully saturated rings. The van der Waals surface area contributed by atoms with Crippen LogP contribution in [-0.4, -0.2) is 104 Å². The van der Waals surface area contributed by atoms with E-state index in [0.29, 0.717) is 43.2 Å². The van der Waals surface area contributed by atoms with Crippen molar-refractivity contribution in [1.82, 2.24) is 19.3 Å². The third-order valence-electron chi connectivity index (χ3n) is 10.5. The summed E-state index contributed by atoms with van der Waals surface area (Å²) < 4.78 is 13.5. The van der Waals surface area contributed by atoms with Gasteiger partial charge in [-0.05, 0) is 58.3 Å². The van der Waals surface area contributed by atoms with Crippen LogP contribution in [0.4, 0.5) is 5.69 Å². The first-order valence-corrected chi connectivity index (χ1v) is 17.6. The molecular weight excluding hydrogens is 626 g/mol. The van der Waals surface area contributed by atoms with Gasteiger partial charge in [0.25, 0.3) is 11.8 Å². The molecule has 0 spiro atoms. The highest BCUT2D eigenvalue weighted by atomic mass is 16.5. The minimum Gasteiger partial charge on any atom is -0.496 e. The first kappa shape index (κ1) is 32.3. The van der Waals surface area contributed by atoms with Gasteiger partial charge in [0, 0.05) is 74.9 Å². The van der Waals surface area contributed by atoms with Gasteiger partial charge in [0.05, 0.1) is 33.4 Å². The van der Waals surface area contributed by atoms with Gasteiger partial charge in [0.2, 0.25) is 0 Å². The van der Waals surface area contributed by atoms with Crippen molar-refractivity contribution in [1.29, 1.82) is 0 Å². The molecule has 3 aliphatic rings. The number of anilines is 1. The van der Waals surface area contributed by atoms with Crippen molar-refractivity contribution in [2.75, 3.05) is 77.6 Å². The van der Waals surface area contributed by atoms with Crippen LogP contribution >= 0.6 is 0 Å². The van der Waals surface area contributed by atoms with Gasteiger partial charge in [-0.3, -0.25) is 19.4 Å². The van der Waals surface area contributed by atoms with E-state index in [1.165, 1.54) is 0 Å². The van der Waals surface area contributed by atoms with Gasteiger partial charge in [-0.1, -0.05) is 60.7 Å². The van der Waals surface area contributed by atoms with Crippen LogP contribution in [0.1, 0.15) is 32.1 Å². The van der Waals surface area contributed by atoms with Crippen molar-refractivity contribution in [3.05, 3.63) is 120 Å². The Hall–Kier alpha value is -4.96. The van der Waals surface area contributed by atoms with Crippen LogP contribution in [-0.2, 0) is 17.8 Å². The van der Waals surface area contributed by atoms with Gasteiger partial charge in [0.1, 0.15) is 11.4 Å². The number of carbonyl (C=O) groups excluding carboxylic acids is 2. The molecule has 0 bridgehead atoms. The number of hydrogen-bond acceptors (Lipinski definition) is 6. The molecule has 0 saturated carbocycles. The molecule has 0 unspecified atom stereocenters. The molecule has 5 aromatic rings. The molecule has 256 valence electrons. The quantitative estimate of drug-likeness (QED) is 0.224. The fraction of sp³-hybridized carbons (Fsp3) is 0.317. The molecule has 3 aliphatic heterocycles. The number of aromatic nitrogens is 1. The van der Waals surface area contributed by atoms with Crippen molar-refractivity contribution in [3.8, 4) is 16.9 Å². The Morgan fingerprint density at radius 1 is 0.700 bits per heavy atom. The second-order valence-corrected chi connectivity index (χ2v) is 13.3. The van der Waals surface area contributed by atoms with E-state index >= 15 is 0 Å². The number of piperazine rings is 1. The minimum atomic E-state index is -0.115. The molecule has 1 aromatic heterocycles. The standard InChI is InChI=1S/C41H43N5O4/c1-49-39-27-31(13-15-36(39)35-11-6-9-30-7-2-4-10-34(30)35)40(47)46-29-33-14-16-38(45(33)28-32-8-3-5-12-37(32)46)41(48)44-21-19-42(20-22-44)17-18-43-23-25-50-26-24-43/h2-16,27H,17-26,28-29H2,1H3. The monoisotopic (exact) mass is 669 g/mol. The number of fused-ring (bicyclic) bond motifs is 3. The van der Waals surface area contributed by atoms with Gasteiger partial charge < -0.3 is 23.8 Å². The normalized spacial score (nSPS) is 16.9. The maximum atomic E-state index is 14.4. The third kappa shape index (κ3) is 6.28. The van der Waals surface area contributed by atoms with E-state index in [-0.39, 0.29) is 11.8 Å². The second-order valence-electron chi connectivity index (χ2n) is 13.3. The lowest BCUT2D eigenvalue weighted by Crippen LogP contribution is -2.51. The Bertz CT molecular complexity index is 2020. The summed E-state index contributed by atoms with van der Waals surface area (Å²) in [6.07, 6.45) is 0. The topological polar surface area (TPSA) is 70.5 Å². The number of carbonyl (C=O) groups is 2. The molecule has 9 nitrogen and oxygen atoms in total. The summed E-state index contributed by atoms with van der Waals surface area (Å²) >= 11 is 0. The molecule has 4 aromatic carbocycles. The van der Waals surface area contributed by atoms with Crippen molar-refractivity contribution in [2.24, 2.45) is 0 Å². The fourth-order valence-corrected chi connectivity index (χ4v) is 7.63. The van der Waals surface area contributed by atoms with Gasteiger partial charge >= 0.3 is 0 Å². The smallest absolute Gasteiger partial charge is 0.270 e. The number of ether oxygens (including phenoxy) is 2. The highest BCUT2D eigenvalue weighted by Gasteiger charge is 2.30. The Labute approximate surface area is 293 Å². The molecule has 50 heavy (non-hydrogen) atoms. The van der Waals surface area contributed by atoms with E-state index in [9.17, 15) is 9.59 Å². The van der Waals surface area contributed by atoms with Crippen molar-refractivity contribution in [2.45, 2.75) is 13.1 Å². The number of amides is 2. The summed E-state index contributed by atoms with van der Waals surface area (Å²) in [7, 11) is 1.65. The van der Waals surface area contributed by atoms with Crippen molar-refractivity contribution in [3.63, 3.8) is 0 Å². The van der Waals surface area contributed by atoms with Gasteiger partial charge in [-0.25, -0.2) is 0 Å². The third-order valence-corrected chi connectivity index (χ3v) is 10.5. The SMILES string of the molecule is COc1cc(C(=O)N2Cc3ccc(C(=O)N4CCN(CCN5CCOCC5)CC4)n3Cc3ccccc32)ccc1-c1cccc2ccccc12. The average Bonchev–Trinajstić information content (AvgIpc) is 3.49. The van der Waals surface area contributed by atoms with Crippen molar-refractivity contribution >= 4 is 28.3 Å². The van der Waals surface area contributed by atoms with Crippen LogP contribution in [0, 0.1) is 0 Å². The maximum Gasteiger partial charge on any atom is 0.270 e. The Morgan fingerprint density at radius 2 is 1.44 bits per heavy atom. The van der Waals surface area contributed by atoms with Crippen LogP contribution in [0.5, 0.6) is 5.75 Å². The summed E-state index contributed by atoms with van der Waals surface area (Å²) in [5.41, 5.74) is 6.00. The minimum absolute atomic E-state index is 0.0510. The molecule has 8 rings (SSSR count). The predicted octanol–water partition coefficient (Wildman–Crippen LogP) is 5.62. The summed E-state index contributed by atoms with van der Waals surface area (Å²) in [6.45, 7) is 9.71. The molecular formula is C41H43N5O4. The molecule has 9 heteroatoms. The number of benzene rings is 4.